The van der Waals surface area contributed by atoms with Gasteiger partial charge in [-0.3, -0.25) is 9.36 Å². The van der Waals surface area contributed by atoms with Gasteiger partial charge in [0.05, 0.1) is 16.9 Å². The van der Waals surface area contributed by atoms with E-state index in [1.807, 2.05) is 16.7 Å². The fourth-order valence-electron chi connectivity index (χ4n) is 2.44. The van der Waals surface area contributed by atoms with Crippen molar-refractivity contribution in [1.82, 2.24) is 14.8 Å². The molecule has 3 rings (SSSR count). The van der Waals surface area contributed by atoms with Crippen molar-refractivity contribution in [2.45, 2.75) is 12.8 Å². The fraction of sp³-hybridized carbons (Fsp3) is 0.308. The highest BCUT2D eigenvalue weighted by molar-refractivity contribution is 5.99. The topological polar surface area (TPSA) is 77.0 Å². The van der Waals surface area contributed by atoms with Crippen LogP contribution in [0.2, 0.25) is 0 Å². The molecule has 0 unspecified atom stereocenters. The molecule has 6 nitrogen and oxygen atoms in total. The highest BCUT2D eigenvalue weighted by Gasteiger charge is 2.19. The first kappa shape index (κ1) is 11.7. The number of carbonyl (C=O) groups is 1. The first-order chi connectivity index (χ1) is 9.25. The van der Waals surface area contributed by atoms with Crippen molar-refractivity contribution in [3.8, 4) is 5.69 Å². The van der Waals surface area contributed by atoms with Gasteiger partial charge in [0.25, 0.3) is 5.91 Å². The number of hydrogen-bond acceptors (Lipinski definition) is 4. The van der Waals surface area contributed by atoms with Crippen molar-refractivity contribution in [3.63, 3.8) is 0 Å². The molecule has 0 atom stereocenters. The van der Waals surface area contributed by atoms with E-state index in [-0.39, 0.29) is 0 Å². The molecule has 0 radical (unpaired) electrons. The van der Waals surface area contributed by atoms with Gasteiger partial charge < -0.3 is 10.6 Å². The van der Waals surface area contributed by atoms with Crippen LogP contribution < -0.4 is 10.6 Å². The van der Waals surface area contributed by atoms with Crippen LogP contribution in [0.25, 0.3) is 5.69 Å². The predicted molar refractivity (Wildman–Crippen MR) is 71.3 cm³/mol. The van der Waals surface area contributed by atoms with Crippen LogP contribution in [-0.2, 0) is 0 Å². The molecule has 1 aromatic heterocycles. The van der Waals surface area contributed by atoms with E-state index in [9.17, 15) is 4.79 Å². The lowest BCUT2D eigenvalue weighted by atomic mass is 10.1. The van der Waals surface area contributed by atoms with Crippen molar-refractivity contribution in [3.05, 3.63) is 36.4 Å². The minimum absolute atomic E-state index is 0.391. The van der Waals surface area contributed by atoms with Gasteiger partial charge in [-0.15, -0.1) is 10.2 Å². The first-order valence-corrected chi connectivity index (χ1v) is 6.29. The monoisotopic (exact) mass is 257 g/mol. The van der Waals surface area contributed by atoms with Crippen LogP contribution in [-0.4, -0.2) is 33.8 Å². The third-order valence-corrected chi connectivity index (χ3v) is 3.41. The molecule has 1 amide bonds. The summed E-state index contributed by atoms with van der Waals surface area (Å²) in [4.78, 5) is 13.7. The number of carbonyl (C=O) groups excluding carboxylic acids is 1. The second-order valence-corrected chi connectivity index (χ2v) is 4.63. The summed E-state index contributed by atoms with van der Waals surface area (Å²) in [6, 6.07) is 5.59. The number of benzene rings is 1. The Balaban J connectivity index is 2.06. The zero-order valence-electron chi connectivity index (χ0n) is 10.5. The number of anilines is 1. The number of nitrogens with zero attached hydrogens (tertiary/aromatic N) is 4. The van der Waals surface area contributed by atoms with E-state index in [0.29, 0.717) is 5.56 Å². The van der Waals surface area contributed by atoms with Crippen LogP contribution >= 0.6 is 0 Å². The first-order valence-electron chi connectivity index (χ1n) is 6.29. The molecule has 1 saturated heterocycles. The average molecular weight is 257 g/mol. The van der Waals surface area contributed by atoms with E-state index in [4.69, 9.17) is 5.73 Å². The fourth-order valence-corrected chi connectivity index (χ4v) is 2.44. The highest BCUT2D eigenvalue weighted by atomic mass is 16.1. The van der Waals surface area contributed by atoms with Gasteiger partial charge in [-0.2, -0.15) is 0 Å². The largest absolute Gasteiger partial charge is 0.371 e. The molecule has 19 heavy (non-hydrogen) atoms. The number of rotatable bonds is 3. The molecule has 2 heterocycles. The van der Waals surface area contributed by atoms with E-state index in [2.05, 4.69) is 15.1 Å². The Bertz CT molecular complexity index is 587. The summed E-state index contributed by atoms with van der Waals surface area (Å²) >= 11 is 0. The van der Waals surface area contributed by atoms with E-state index in [1.54, 1.807) is 18.7 Å². The summed E-state index contributed by atoms with van der Waals surface area (Å²) in [7, 11) is 0. The van der Waals surface area contributed by atoms with Gasteiger partial charge in [0.1, 0.15) is 12.7 Å². The minimum atomic E-state index is -0.391. The summed E-state index contributed by atoms with van der Waals surface area (Å²) in [6.07, 6.45) is 5.56. The Hall–Kier alpha value is -2.37. The van der Waals surface area contributed by atoms with Crippen LogP contribution in [0.5, 0.6) is 0 Å². The summed E-state index contributed by atoms with van der Waals surface area (Å²) in [6.45, 7) is 1.93. The van der Waals surface area contributed by atoms with Gasteiger partial charge in [0, 0.05) is 13.1 Å². The van der Waals surface area contributed by atoms with Gasteiger partial charge in [-0.25, -0.2) is 0 Å². The highest BCUT2D eigenvalue weighted by Crippen LogP contribution is 2.27. The van der Waals surface area contributed by atoms with Crippen molar-refractivity contribution in [2.75, 3.05) is 18.0 Å². The second kappa shape index (κ2) is 4.72. The molecule has 6 heteroatoms. The van der Waals surface area contributed by atoms with Gasteiger partial charge in [-0.1, -0.05) is 0 Å². The maximum Gasteiger partial charge on any atom is 0.250 e. The number of nitrogens with two attached hydrogens (primary N) is 1. The third-order valence-electron chi connectivity index (χ3n) is 3.41. The predicted octanol–water partition coefficient (Wildman–Crippen LogP) is 0.966. The molecule has 2 aromatic rings. The number of amides is 1. The number of aromatic nitrogens is 3. The number of hydrogen-bond donors (Lipinski definition) is 1. The standard InChI is InChI=1S/C13H15N5O/c14-13(19)11-4-3-10(18-8-15-16-9-18)7-12(11)17-5-1-2-6-17/h3-4,7-9H,1-2,5-6H2,(H2,14,19). The molecular weight excluding hydrogens is 242 g/mol. The lowest BCUT2D eigenvalue weighted by Crippen LogP contribution is -2.23. The normalized spacial score (nSPS) is 14.8. The molecular formula is C13H15N5O. The molecule has 1 aliphatic rings. The summed E-state index contributed by atoms with van der Waals surface area (Å²) in [5.74, 6) is -0.391. The lowest BCUT2D eigenvalue weighted by molar-refractivity contribution is 0.100. The molecule has 98 valence electrons. The maximum absolute atomic E-state index is 11.5. The van der Waals surface area contributed by atoms with Gasteiger partial charge in [-0.05, 0) is 31.0 Å². The summed E-state index contributed by atoms with van der Waals surface area (Å²) in [5, 5.41) is 7.58. The van der Waals surface area contributed by atoms with Crippen LogP contribution in [0.1, 0.15) is 23.2 Å². The Kier molecular flexibility index (Phi) is 2.91. The van der Waals surface area contributed by atoms with Crippen molar-refractivity contribution < 1.29 is 4.79 Å². The summed E-state index contributed by atoms with van der Waals surface area (Å²) in [5.41, 5.74) is 7.85. The Morgan fingerprint density at radius 3 is 2.47 bits per heavy atom. The molecule has 1 aliphatic heterocycles. The van der Waals surface area contributed by atoms with E-state index >= 15 is 0 Å². The average Bonchev–Trinajstić information content (AvgIpc) is 3.11. The molecule has 2 N–H and O–H groups in total. The quantitative estimate of drug-likeness (QED) is 0.888. The molecule has 0 aliphatic carbocycles. The van der Waals surface area contributed by atoms with Crippen molar-refractivity contribution in [2.24, 2.45) is 5.73 Å². The SMILES string of the molecule is NC(=O)c1ccc(-n2cnnc2)cc1N1CCCC1. The minimum Gasteiger partial charge on any atom is -0.371 e. The maximum atomic E-state index is 11.5. The van der Waals surface area contributed by atoms with Crippen LogP contribution in [0.3, 0.4) is 0 Å². The number of primary amides is 1. The van der Waals surface area contributed by atoms with E-state index in [1.165, 1.54) is 0 Å². The van der Waals surface area contributed by atoms with Crippen LogP contribution in [0, 0.1) is 0 Å². The van der Waals surface area contributed by atoms with Gasteiger partial charge in [0.2, 0.25) is 0 Å². The van der Waals surface area contributed by atoms with Crippen molar-refractivity contribution >= 4 is 11.6 Å². The Labute approximate surface area is 110 Å². The van der Waals surface area contributed by atoms with Crippen LogP contribution in [0.4, 0.5) is 5.69 Å². The molecule has 0 bridgehead atoms. The van der Waals surface area contributed by atoms with Gasteiger partial charge >= 0.3 is 0 Å². The third kappa shape index (κ3) is 2.16. The Morgan fingerprint density at radius 2 is 1.84 bits per heavy atom. The second-order valence-electron chi connectivity index (χ2n) is 4.63. The molecule has 1 fully saturated rings. The lowest BCUT2D eigenvalue weighted by Gasteiger charge is -2.21. The van der Waals surface area contributed by atoms with E-state index < -0.39 is 5.91 Å². The summed E-state index contributed by atoms with van der Waals surface area (Å²) < 4.78 is 1.81. The Morgan fingerprint density at radius 1 is 1.16 bits per heavy atom. The molecule has 1 aromatic carbocycles. The zero-order chi connectivity index (χ0) is 13.2. The van der Waals surface area contributed by atoms with Gasteiger partial charge in [0.15, 0.2) is 0 Å². The molecule has 0 saturated carbocycles. The van der Waals surface area contributed by atoms with Crippen LogP contribution in [0.15, 0.2) is 30.9 Å². The smallest absolute Gasteiger partial charge is 0.250 e. The molecule has 0 spiro atoms. The zero-order valence-corrected chi connectivity index (χ0v) is 10.5. The van der Waals surface area contributed by atoms with Crippen molar-refractivity contribution in [1.29, 1.82) is 0 Å². The van der Waals surface area contributed by atoms with E-state index in [0.717, 1.165) is 37.3 Å².